The van der Waals surface area contributed by atoms with E-state index >= 15 is 0 Å². The number of likely N-dealkylation sites (tertiary alicyclic amines) is 2. The third-order valence-corrected chi connectivity index (χ3v) is 7.60. The lowest BCUT2D eigenvalue weighted by Crippen LogP contribution is -2.53. The quantitative estimate of drug-likeness (QED) is 0.431. The van der Waals surface area contributed by atoms with Crippen molar-refractivity contribution in [2.24, 2.45) is 0 Å². The summed E-state index contributed by atoms with van der Waals surface area (Å²) in [5, 5.41) is 12.9. The van der Waals surface area contributed by atoms with E-state index < -0.39 is 18.6 Å². The lowest BCUT2D eigenvalue weighted by molar-refractivity contribution is -0.151. The van der Waals surface area contributed by atoms with Crippen LogP contribution in [0.4, 0.5) is 20.4 Å². The van der Waals surface area contributed by atoms with Crippen molar-refractivity contribution >= 4 is 18.0 Å². The highest BCUT2D eigenvalue weighted by Gasteiger charge is 2.46. The van der Waals surface area contributed by atoms with Gasteiger partial charge in [-0.1, -0.05) is 6.07 Å². The van der Waals surface area contributed by atoms with Crippen LogP contribution >= 0.6 is 0 Å². The number of carbonyl (C=O) groups is 1. The molecule has 1 amide bonds. The minimum Gasteiger partial charge on any atom is -0.483 e. The number of nitriles is 1. The van der Waals surface area contributed by atoms with E-state index in [1.54, 1.807) is 6.07 Å². The second-order valence-corrected chi connectivity index (χ2v) is 10.5. The molecule has 0 saturated carbocycles. The van der Waals surface area contributed by atoms with E-state index in [0.717, 1.165) is 36.5 Å². The number of amides is 1. The zero-order valence-electron chi connectivity index (χ0n) is 22.5. The SMILES string of the molecule is Cc1cc(Nc2ncnc(-c3ccc(OC4CCN(C=O)CC4(F)F)c(C#N)c3)n2)ccc1C1CCN(C)CC1. The summed E-state index contributed by atoms with van der Waals surface area (Å²) in [5.74, 6) is -1.96. The fraction of sp³-hybridized carbons (Fsp3) is 0.414. The van der Waals surface area contributed by atoms with Crippen molar-refractivity contribution in [1.82, 2.24) is 24.8 Å². The topological polar surface area (TPSA) is 107 Å². The molecule has 208 valence electrons. The molecule has 2 aliphatic rings. The van der Waals surface area contributed by atoms with E-state index in [9.17, 15) is 18.8 Å². The number of ether oxygens (including phenoxy) is 1. The van der Waals surface area contributed by atoms with E-state index in [0.29, 0.717) is 29.7 Å². The summed E-state index contributed by atoms with van der Waals surface area (Å²) in [5.41, 5.74) is 4.04. The van der Waals surface area contributed by atoms with Gasteiger partial charge in [-0.05, 0) is 87.3 Å². The van der Waals surface area contributed by atoms with Gasteiger partial charge in [-0.15, -0.1) is 0 Å². The first-order chi connectivity index (χ1) is 19.3. The second kappa shape index (κ2) is 11.5. The van der Waals surface area contributed by atoms with Crippen molar-refractivity contribution in [2.75, 3.05) is 38.5 Å². The lowest BCUT2D eigenvalue weighted by Gasteiger charge is -2.36. The third kappa shape index (κ3) is 6.02. The van der Waals surface area contributed by atoms with Crippen LogP contribution in [0.1, 0.15) is 41.9 Å². The first-order valence-electron chi connectivity index (χ1n) is 13.3. The summed E-state index contributed by atoms with van der Waals surface area (Å²) in [6.07, 6.45) is 2.60. The number of aryl methyl sites for hydroxylation is 1. The fourth-order valence-corrected chi connectivity index (χ4v) is 5.35. The molecule has 1 N–H and O–H groups in total. The first kappa shape index (κ1) is 27.4. The van der Waals surface area contributed by atoms with Crippen LogP contribution < -0.4 is 10.1 Å². The van der Waals surface area contributed by atoms with Gasteiger partial charge in [0.05, 0.1) is 12.1 Å². The van der Waals surface area contributed by atoms with Crippen LogP contribution in [0.15, 0.2) is 42.7 Å². The summed E-state index contributed by atoms with van der Waals surface area (Å²) < 4.78 is 34.6. The van der Waals surface area contributed by atoms with E-state index in [1.807, 2.05) is 12.1 Å². The molecule has 11 heteroatoms. The predicted molar refractivity (Wildman–Crippen MR) is 146 cm³/mol. The molecule has 2 fully saturated rings. The number of nitrogens with one attached hydrogen (secondary N) is 1. The van der Waals surface area contributed by atoms with Gasteiger partial charge in [0.25, 0.3) is 0 Å². The van der Waals surface area contributed by atoms with Gasteiger partial charge >= 0.3 is 5.92 Å². The molecule has 2 aliphatic heterocycles. The highest BCUT2D eigenvalue weighted by atomic mass is 19.3. The van der Waals surface area contributed by atoms with Crippen LogP contribution in [0.5, 0.6) is 5.75 Å². The molecule has 0 bridgehead atoms. The monoisotopic (exact) mass is 547 g/mol. The molecular formula is C29H31F2N7O2. The van der Waals surface area contributed by atoms with Gasteiger partial charge in [0, 0.05) is 24.2 Å². The van der Waals surface area contributed by atoms with Gasteiger partial charge in [-0.3, -0.25) is 4.79 Å². The number of halogens is 2. The maximum Gasteiger partial charge on any atom is 0.301 e. The number of hydrogen-bond acceptors (Lipinski definition) is 8. The van der Waals surface area contributed by atoms with E-state index in [4.69, 9.17) is 4.74 Å². The zero-order chi connectivity index (χ0) is 28.3. The Morgan fingerprint density at radius 1 is 1.12 bits per heavy atom. The maximum atomic E-state index is 14.5. The molecular weight excluding hydrogens is 516 g/mol. The number of aromatic nitrogens is 3. The van der Waals surface area contributed by atoms with Gasteiger partial charge in [-0.2, -0.15) is 10.2 Å². The van der Waals surface area contributed by atoms with Gasteiger partial charge < -0.3 is 19.9 Å². The Kier molecular flexibility index (Phi) is 7.89. The summed E-state index contributed by atoms with van der Waals surface area (Å²) in [6.45, 7) is 3.76. The normalized spacial score (nSPS) is 19.6. The Morgan fingerprint density at radius 2 is 1.93 bits per heavy atom. The van der Waals surface area contributed by atoms with Crippen molar-refractivity contribution in [3.63, 3.8) is 0 Å². The number of rotatable bonds is 7. The molecule has 2 saturated heterocycles. The van der Waals surface area contributed by atoms with Crippen LogP contribution in [0.3, 0.4) is 0 Å². The summed E-state index contributed by atoms with van der Waals surface area (Å²) in [7, 11) is 2.16. The largest absolute Gasteiger partial charge is 0.483 e. The Balaban J connectivity index is 1.30. The smallest absolute Gasteiger partial charge is 0.301 e. The summed E-state index contributed by atoms with van der Waals surface area (Å²) in [6, 6.07) is 12.9. The molecule has 1 unspecified atom stereocenters. The number of carbonyl (C=O) groups excluding carboxylic acids is 1. The summed E-state index contributed by atoms with van der Waals surface area (Å²) in [4.78, 5) is 27.3. The molecule has 2 aromatic carbocycles. The predicted octanol–water partition coefficient (Wildman–Crippen LogP) is 4.52. The standard InChI is InChI=1S/C29H31F2N7O2/c1-19-13-23(4-5-24(19)20-7-10-37(2)11-8-20)35-28-34-17-33-27(36-28)21-3-6-25(22(14-21)15-32)40-26-9-12-38(18-39)16-29(26,30)31/h3-6,13-14,17-18,20,26H,7-12,16H2,1-2H3,(H,33,34,35,36). The minimum atomic E-state index is -3.23. The number of nitrogens with zero attached hydrogens (tertiary/aromatic N) is 6. The molecule has 1 aromatic heterocycles. The van der Waals surface area contributed by atoms with Crippen LogP contribution in [0.2, 0.25) is 0 Å². The average Bonchev–Trinajstić information content (AvgIpc) is 2.95. The van der Waals surface area contributed by atoms with Gasteiger partial charge in [0.15, 0.2) is 11.9 Å². The van der Waals surface area contributed by atoms with Crippen molar-refractivity contribution in [1.29, 1.82) is 5.26 Å². The van der Waals surface area contributed by atoms with Crippen molar-refractivity contribution in [3.05, 3.63) is 59.4 Å². The molecule has 3 aromatic rings. The van der Waals surface area contributed by atoms with E-state index in [2.05, 4.69) is 51.3 Å². The van der Waals surface area contributed by atoms with E-state index in [-0.39, 0.29) is 24.3 Å². The van der Waals surface area contributed by atoms with Crippen molar-refractivity contribution < 1.29 is 18.3 Å². The molecule has 0 aliphatic carbocycles. The van der Waals surface area contributed by atoms with Crippen LogP contribution in [-0.2, 0) is 4.79 Å². The molecule has 0 spiro atoms. The van der Waals surface area contributed by atoms with Gasteiger partial charge in [-0.25, -0.2) is 18.7 Å². The Morgan fingerprint density at radius 3 is 2.62 bits per heavy atom. The van der Waals surface area contributed by atoms with Crippen molar-refractivity contribution in [2.45, 2.75) is 44.1 Å². The van der Waals surface area contributed by atoms with Crippen LogP contribution in [0.25, 0.3) is 11.4 Å². The summed E-state index contributed by atoms with van der Waals surface area (Å²) >= 11 is 0. The Labute approximate surface area is 231 Å². The highest BCUT2D eigenvalue weighted by Crippen LogP contribution is 2.34. The number of alkyl halides is 2. The van der Waals surface area contributed by atoms with Crippen molar-refractivity contribution in [3.8, 4) is 23.2 Å². The molecule has 3 heterocycles. The number of benzene rings is 2. The Hall–Kier alpha value is -4.17. The average molecular weight is 548 g/mol. The molecule has 1 atom stereocenters. The minimum absolute atomic E-state index is 0.0424. The van der Waals surface area contributed by atoms with Crippen LogP contribution in [-0.4, -0.2) is 76.4 Å². The highest BCUT2D eigenvalue weighted by molar-refractivity contribution is 5.63. The molecule has 0 radical (unpaired) electrons. The zero-order valence-corrected chi connectivity index (χ0v) is 22.5. The number of piperidine rings is 2. The van der Waals surface area contributed by atoms with E-state index in [1.165, 1.54) is 29.6 Å². The van der Waals surface area contributed by atoms with Gasteiger partial charge in [0.1, 0.15) is 18.1 Å². The third-order valence-electron chi connectivity index (χ3n) is 7.60. The number of hydrogen-bond donors (Lipinski definition) is 1. The second-order valence-electron chi connectivity index (χ2n) is 10.5. The number of anilines is 2. The maximum absolute atomic E-state index is 14.5. The lowest BCUT2D eigenvalue weighted by atomic mass is 9.87. The first-order valence-corrected chi connectivity index (χ1v) is 13.3. The fourth-order valence-electron chi connectivity index (χ4n) is 5.35. The molecule has 5 rings (SSSR count). The Bertz CT molecular complexity index is 1420. The van der Waals surface area contributed by atoms with Crippen LogP contribution in [0, 0.1) is 18.3 Å². The van der Waals surface area contributed by atoms with Gasteiger partial charge in [0.2, 0.25) is 12.4 Å². The molecule has 40 heavy (non-hydrogen) atoms. The molecule has 9 nitrogen and oxygen atoms in total.